The van der Waals surface area contributed by atoms with E-state index in [1.165, 1.54) is 12.1 Å². The maximum absolute atomic E-state index is 13.8. The molecule has 0 bridgehead atoms. The van der Waals surface area contributed by atoms with Gasteiger partial charge in [0.25, 0.3) is 5.69 Å². The molecule has 5 nitrogen and oxygen atoms in total. The predicted octanol–water partition coefficient (Wildman–Crippen LogP) is 2.72. The van der Waals surface area contributed by atoms with Crippen molar-refractivity contribution in [3.05, 3.63) is 34.1 Å². The largest absolute Gasteiger partial charge is 0.368 e. The van der Waals surface area contributed by atoms with Crippen LogP contribution in [0.25, 0.3) is 0 Å². The molecule has 0 heterocycles. The summed E-state index contributed by atoms with van der Waals surface area (Å²) in [6, 6.07) is 5.61. The van der Waals surface area contributed by atoms with Crippen molar-refractivity contribution in [1.29, 1.82) is 5.26 Å². The second kappa shape index (κ2) is 5.96. The van der Waals surface area contributed by atoms with Gasteiger partial charge in [0, 0.05) is 19.2 Å². The van der Waals surface area contributed by atoms with Crippen LogP contribution in [-0.4, -0.2) is 18.0 Å². The molecule has 0 aliphatic rings. The minimum atomic E-state index is -0.642. The molecule has 0 fully saturated rings. The van der Waals surface area contributed by atoms with E-state index in [4.69, 9.17) is 5.26 Å². The highest BCUT2D eigenvalue weighted by atomic mass is 19.1. The Morgan fingerprint density at radius 3 is 2.72 bits per heavy atom. The number of halogens is 1. The lowest BCUT2D eigenvalue weighted by Crippen LogP contribution is -2.28. The summed E-state index contributed by atoms with van der Waals surface area (Å²) in [5, 5.41) is 19.3. The average Bonchev–Trinajstić information content (AvgIpc) is 2.35. The Labute approximate surface area is 105 Å². The van der Waals surface area contributed by atoms with Crippen molar-refractivity contribution >= 4 is 11.4 Å². The molecule has 0 aromatic heterocycles. The zero-order valence-electron chi connectivity index (χ0n) is 10.3. The summed E-state index contributed by atoms with van der Waals surface area (Å²) < 4.78 is 13.8. The molecule has 0 aliphatic heterocycles. The summed E-state index contributed by atoms with van der Waals surface area (Å²) in [7, 11) is 0. The first-order chi connectivity index (χ1) is 8.49. The lowest BCUT2D eigenvalue weighted by Gasteiger charge is -2.24. The van der Waals surface area contributed by atoms with Crippen LogP contribution in [-0.2, 0) is 0 Å². The number of nitro groups is 1. The van der Waals surface area contributed by atoms with Crippen LogP contribution in [0.1, 0.15) is 13.8 Å². The van der Waals surface area contributed by atoms with Gasteiger partial charge in [-0.25, -0.2) is 4.39 Å². The monoisotopic (exact) mass is 251 g/mol. The summed E-state index contributed by atoms with van der Waals surface area (Å²) in [4.78, 5) is 11.6. The van der Waals surface area contributed by atoms with Crippen molar-refractivity contribution in [2.45, 2.75) is 13.8 Å². The number of nitro benzene ring substituents is 1. The van der Waals surface area contributed by atoms with Gasteiger partial charge in [0.2, 0.25) is 0 Å². The fourth-order valence-corrected chi connectivity index (χ4v) is 1.64. The molecule has 0 aliphatic carbocycles. The van der Waals surface area contributed by atoms with E-state index in [1.807, 2.05) is 6.92 Å². The molecule has 1 aromatic carbocycles. The fourth-order valence-electron chi connectivity index (χ4n) is 1.64. The van der Waals surface area contributed by atoms with E-state index in [1.54, 1.807) is 11.8 Å². The Morgan fingerprint density at radius 1 is 1.61 bits per heavy atom. The standard InChI is InChI=1S/C12H14FN3O2/c1-3-15(8-9(2)7-14)12-5-4-10(16(17)18)6-11(12)13/h4-6,9H,3,8H2,1-2H3. The van der Waals surface area contributed by atoms with Crippen LogP contribution >= 0.6 is 0 Å². The number of hydrogen-bond donors (Lipinski definition) is 0. The third kappa shape index (κ3) is 3.17. The van der Waals surface area contributed by atoms with Crippen molar-refractivity contribution < 1.29 is 9.31 Å². The van der Waals surface area contributed by atoms with E-state index in [-0.39, 0.29) is 17.3 Å². The molecule has 6 heteroatoms. The van der Waals surface area contributed by atoms with Crippen molar-refractivity contribution in [2.24, 2.45) is 5.92 Å². The Balaban J connectivity index is 3.00. The van der Waals surface area contributed by atoms with Gasteiger partial charge in [0.15, 0.2) is 5.82 Å². The van der Waals surface area contributed by atoms with E-state index in [0.29, 0.717) is 13.1 Å². The van der Waals surface area contributed by atoms with Crippen LogP contribution in [0.4, 0.5) is 15.8 Å². The second-order valence-electron chi connectivity index (χ2n) is 3.96. The molecule has 0 N–H and O–H groups in total. The topological polar surface area (TPSA) is 70.2 Å². The van der Waals surface area contributed by atoms with Crippen LogP contribution < -0.4 is 4.90 Å². The number of hydrogen-bond acceptors (Lipinski definition) is 4. The van der Waals surface area contributed by atoms with Crippen molar-refractivity contribution in [2.75, 3.05) is 18.0 Å². The lowest BCUT2D eigenvalue weighted by atomic mass is 10.1. The zero-order valence-corrected chi connectivity index (χ0v) is 10.3. The molecule has 1 atom stereocenters. The van der Waals surface area contributed by atoms with Gasteiger partial charge in [0.05, 0.1) is 28.7 Å². The van der Waals surface area contributed by atoms with E-state index < -0.39 is 10.7 Å². The Morgan fingerprint density at radius 2 is 2.28 bits per heavy atom. The van der Waals surface area contributed by atoms with Crippen LogP contribution in [0.3, 0.4) is 0 Å². The number of non-ortho nitro benzene ring substituents is 1. The Hall–Kier alpha value is -2.16. The first-order valence-corrected chi connectivity index (χ1v) is 5.58. The summed E-state index contributed by atoms with van der Waals surface area (Å²) in [6.07, 6.45) is 0. The molecule has 0 amide bonds. The van der Waals surface area contributed by atoms with Gasteiger partial charge >= 0.3 is 0 Å². The van der Waals surface area contributed by atoms with Crippen molar-refractivity contribution in [1.82, 2.24) is 0 Å². The molecule has 0 radical (unpaired) electrons. The summed E-state index contributed by atoms with van der Waals surface area (Å²) in [5.74, 6) is -0.879. The highest BCUT2D eigenvalue weighted by Gasteiger charge is 2.16. The molecule has 1 unspecified atom stereocenters. The maximum Gasteiger partial charge on any atom is 0.272 e. The molecule has 0 saturated heterocycles. The van der Waals surface area contributed by atoms with Gasteiger partial charge in [-0.05, 0) is 19.9 Å². The summed E-state index contributed by atoms with van der Waals surface area (Å²) >= 11 is 0. The Kier molecular flexibility index (Phi) is 4.60. The number of rotatable bonds is 5. The summed E-state index contributed by atoms with van der Waals surface area (Å²) in [6.45, 7) is 4.50. The lowest BCUT2D eigenvalue weighted by molar-refractivity contribution is -0.385. The zero-order chi connectivity index (χ0) is 13.7. The average molecular weight is 251 g/mol. The number of nitriles is 1. The Bertz CT molecular complexity index is 485. The minimum Gasteiger partial charge on any atom is -0.368 e. The molecule has 1 aromatic rings. The fraction of sp³-hybridized carbons (Fsp3) is 0.417. The smallest absolute Gasteiger partial charge is 0.272 e. The van der Waals surface area contributed by atoms with Gasteiger partial charge in [-0.1, -0.05) is 0 Å². The number of benzene rings is 1. The van der Waals surface area contributed by atoms with Crippen LogP contribution in [0.2, 0.25) is 0 Å². The second-order valence-corrected chi connectivity index (χ2v) is 3.96. The van der Waals surface area contributed by atoms with Gasteiger partial charge in [0.1, 0.15) is 0 Å². The highest BCUT2D eigenvalue weighted by molar-refractivity contribution is 5.52. The van der Waals surface area contributed by atoms with Gasteiger partial charge in [-0.3, -0.25) is 10.1 Å². The van der Waals surface area contributed by atoms with Crippen LogP contribution in [0.15, 0.2) is 18.2 Å². The van der Waals surface area contributed by atoms with Gasteiger partial charge in [-0.15, -0.1) is 0 Å². The van der Waals surface area contributed by atoms with Crippen LogP contribution in [0, 0.1) is 33.2 Å². The van der Waals surface area contributed by atoms with Crippen LogP contribution in [0.5, 0.6) is 0 Å². The first-order valence-electron chi connectivity index (χ1n) is 5.58. The quantitative estimate of drug-likeness (QED) is 0.596. The molecule has 96 valence electrons. The maximum atomic E-state index is 13.8. The molecule has 0 spiro atoms. The van der Waals surface area contributed by atoms with Gasteiger partial charge in [-0.2, -0.15) is 5.26 Å². The first kappa shape index (κ1) is 13.9. The third-order valence-corrected chi connectivity index (χ3v) is 2.58. The number of nitrogens with zero attached hydrogens (tertiary/aromatic N) is 3. The molecule has 0 saturated carbocycles. The van der Waals surface area contributed by atoms with Gasteiger partial charge < -0.3 is 4.90 Å². The number of anilines is 1. The van der Waals surface area contributed by atoms with Crippen molar-refractivity contribution in [3.63, 3.8) is 0 Å². The molecular formula is C12H14FN3O2. The molecule has 18 heavy (non-hydrogen) atoms. The highest BCUT2D eigenvalue weighted by Crippen LogP contribution is 2.24. The van der Waals surface area contributed by atoms with E-state index in [2.05, 4.69) is 6.07 Å². The SMILES string of the molecule is CCN(CC(C)C#N)c1ccc([N+](=O)[O-])cc1F. The van der Waals surface area contributed by atoms with E-state index >= 15 is 0 Å². The predicted molar refractivity (Wildman–Crippen MR) is 65.7 cm³/mol. The van der Waals surface area contributed by atoms with Crippen molar-refractivity contribution in [3.8, 4) is 6.07 Å². The molecule has 1 rings (SSSR count). The third-order valence-electron chi connectivity index (χ3n) is 2.58. The molecular weight excluding hydrogens is 237 g/mol. The normalized spacial score (nSPS) is 11.7. The van der Waals surface area contributed by atoms with E-state index in [9.17, 15) is 14.5 Å². The van der Waals surface area contributed by atoms with E-state index in [0.717, 1.165) is 6.07 Å². The minimum absolute atomic E-state index is 0.237. The summed E-state index contributed by atoms with van der Waals surface area (Å²) in [5.41, 5.74) is 0.00540.